The van der Waals surface area contributed by atoms with Gasteiger partial charge in [0.1, 0.15) is 0 Å². The number of hydrogen-bond acceptors (Lipinski definition) is 5. The van der Waals surface area contributed by atoms with Crippen molar-refractivity contribution in [1.82, 2.24) is 15.6 Å². The molecule has 1 aromatic heterocycles. The molecule has 1 aromatic carbocycles. The van der Waals surface area contributed by atoms with Gasteiger partial charge in [-0.1, -0.05) is 12.1 Å². The summed E-state index contributed by atoms with van der Waals surface area (Å²) in [7, 11) is 0. The third kappa shape index (κ3) is 4.85. The van der Waals surface area contributed by atoms with Gasteiger partial charge in [0.05, 0.1) is 23.3 Å². The van der Waals surface area contributed by atoms with Crippen LogP contribution in [0.2, 0.25) is 0 Å². The number of benzene rings is 1. The van der Waals surface area contributed by atoms with E-state index in [0.29, 0.717) is 17.9 Å². The Bertz CT molecular complexity index is 629. The van der Waals surface area contributed by atoms with Gasteiger partial charge in [0.2, 0.25) is 5.91 Å². The first-order valence-corrected chi connectivity index (χ1v) is 8.77. The third-order valence-corrected chi connectivity index (χ3v) is 4.52. The van der Waals surface area contributed by atoms with Crippen LogP contribution in [0.15, 0.2) is 40.1 Å². The lowest BCUT2D eigenvalue weighted by molar-refractivity contribution is -0.120. The molecule has 0 unspecified atom stereocenters. The lowest BCUT2D eigenvalue weighted by Gasteiger charge is -2.09. The summed E-state index contributed by atoms with van der Waals surface area (Å²) in [4.78, 5) is 28.7. The quantitative estimate of drug-likeness (QED) is 0.762. The van der Waals surface area contributed by atoms with Crippen molar-refractivity contribution in [2.75, 3.05) is 13.1 Å². The molecule has 1 heterocycles. The first kappa shape index (κ1) is 16.5. The fourth-order valence-corrected chi connectivity index (χ4v) is 3.37. The molecule has 0 bridgehead atoms. The van der Waals surface area contributed by atoms with E-state index in [9.17, 15) is 9.59 Å². The molecule has 0 atom stereocenters. The fourth-order valence-electron chi connectivity index (χ4n) is 1.76. The minimum Gasteiger partial charge on any atom is -0.355 e. The number of thioether (sulfide) groups is 1. The molecule has 0 aliphatic rings. The fraction of sp³-hybridized carbons (Fsp3) is 0.267. The highest BCUT2D eigenvalue weighted by atomic mass is 32.2. The number of thiazole rings is 1. The molecule has 7 heteroatoms. The predicted molar refractivity (Wildman–Crippen MR) is 89.1 cm³/mol. The van der Waals surface area contributed by atoms with Gasteiger partial charge in [-0.05, 0) is 19.1 Å². The molecule has 0 saturated heterocycles. The Hall–Kier alpha value is -1.86. The van der Waals surface area contributed by atoms with E-state index in [-0.39, 0.29) is 18.4 Å². The zero-order valence-corrected chi connectivity index (χ0v) is 13.8. The highest BCUT2D eigenvalue weighted by Gasteiger charge is 2.12. The summed E-state index contributed by atoms with van der Waals surface area (Å²) in [5, 5.41) is 7.27. The van der Waals surface area contributed by atoms with E-state index in [0.717, 1.165) is 10.6 Å². The van der Waals surface area contributed by atoms with Crippen molar-refractivity contribution in [3.8, 4) is 0 Å². The van der Waals surface area contributed by atoms with Crippen LogP contribution in [-0.4, -0.2) is 29.9 Å². The smallest absolute Gasteiger partial charge is 0.252 e. The molecule has 0 aliphatic carbocycles. The topological polar surface area (TPSA) is 71.1 Å². The highest BCUT2D eigenvalue weighted by Crippen LogP contribution is 2.26. The molecule has 5 nitrogen and oxygen atoms in total. The van der Waals surface area contributed by atoms with Crippen LogP contribution in [0.4, 0.5) is 0 Å². The summed E-state index contributed by atoms with van der Waals surface area (Å²) >= 11 is 3.11. The first-order chi connectivity index (χ1) is 10.7. The summed E-state index contributed by atoms with van der Waals surface area (Å²) in [6.07, 6.45) is 0. The lowest BCUT2D eigenvalue weighted by atomic mass is 10.2. The molecule has 2 amide bonds. The number of amides is 2. The minimum absolute atomic E-state index is 0.0161. The van der Waals surface area contributed by atoms with Gasteiger partial charge >= 0.3 is 0 Å². The Morgan fingerprint density at radius 3 is 2.82 bits per heavy atom. The van der Waals surface area contributed by atoms with Gasteiger partial charge in [-0.25, -0.2) is 4.98 Å². The molecule has 2 aromatic rings. The van der Waals surface area contributed by atoms with Crippen molar-refractivity contribution >= 4 is 34.9 Å². The summed E-state index contributed by atoms with van der Waals surface area (Å²) < 4.78 is 0. The number of carbonyl (C=O) groups is 2. The van der Waals surface area contributed by atoms with Crippen LogP contribution in [0.1, 0.15) is 23.0 Å². The van der Waals surface area contributed by atoms with E-state index in [4.69, 9.17) is 0 Å². The molecular formula is C15H17N3O2S2. The standard InChI is InChI=1S/C15H17N3O2S2/c1-2-16-14(19)7-17-15(20)12-5-3-4-6-13(12)22-9-11-8-21-10-18-11/h3-6,8,10H,2,7,9H2,1H3,(H,16,19)(H,17,20). The van der Waals surface area contributed by atoms with E-state index in [2.05, 4.69) is 15.6 Å². The Kier molecular flexibility index (Phi) is 6.42. The molecule has 0 radical (unpaired) electrons. The van der Waals surface area contributed by atoms with Crippen LogP contribution in [-0.2, 0) is 10.5 Å². The average Bonchev–Trinajstić information content (AvgIpc) is 3.04. The van der Waals surface area contributed by atoms with Crippen molar-refractivity contribution in [3.63, 3.8) is 0 Å². The zero-order chi connectivity index (χ0) is 15.8. The number of rotatable bonds is 7. The Morgan fingerprint density at radius 1 is 1.27 bits per heavy atom. The molecule has 2 rings (SSSR count). The van der Waals surface area contributed by atoms with Crippen LogP contribution in [0.25, 0.3) is 0 Å². The van der Waals surface area contributed by atoms with E-state index in [1.807, 2.05) is 30.5 Å². The number of nitrogens with zero attached hydrogens (tertiary/aromatic N) is 1. The van der Waals surface area contributed by atoms with Crippen LogP contribution >= 0.6 is 23.1 Å². The molecule has 0 fully saturated rings. The second-order valence-corrected chi connectivity index (χ2v) is 6.14. The second kappa shape index (κ2) is 8.55. The van der Waals surface area contributed by atoms with Crippen LogP contribution in [0.5, 0.6) is 0 Å². The van der Waals surface area contributed by atoms with Gasteiger partial charge in [0.25, 0.3) is 5.91 Å². The molecule has 0 aliphatic heterocycles. The number of nitrogens with one attached hydrogen (secondary N) is 2. The van der Waals surface area contributed by atoms with Crippen molar-refractivity contribution in [2.45, 2.75) is 17.6 Å². The molecule has 0 saturated carbocycles. The third-order valence-electron chi connectivity index (χ3n) is 2.77. The number of carbonyl (C=O) groups excluding carboxylic acids is 2. The van der Waals surface area contributed by atoms with E-state index >= 15 is 0 Å². The van der Waals surface area contributed by atoms with Gasteiger partial charge < -0.3 is 10.6 Å². The molecule has 116 valence electrons. The minimum atomic E-state index is -0.243. The maximum Gasteiger partial charge on any atom is 0.252 e. The maximum absolute atomic E-state index is 12.2. The molecule has 0 spiro atoms. The predicted octanol–water partition coefficient (Wildman–Crippen LogP) is 2.30. The molecule has 2 N–H and O–H groups in total. The van der Waals surface area contributed by atoms with E-state index in [1.54, 1.807) is 34.7 Å². The normalized spacial score (nSPS) is 10.2. The lowest BCUT2D eigenvalue weighted by Crippen LogP contribution is -2.36. The number of hydrogen-bond donors (Lipinski definition) is 2. The van der Waals surface area contributed by atoms with Gasteiger partial charge in [-0.2, -0.15) is 0 Å². The summed E-state index contributed by atoms with van der Waals surface area (Å²) in [5.74, 6) is 0.278. The zero-order valence-electron chi connectivity index (χ0n) is 12.2. The Balaban J connectivity index is 1.97. The largest absolute Gasteiger partial charge is 0.355 e. The summed E-state index contributed by atoms with van der Waals surface area (Å²) in [6.45, 7) is 2.37. The van der Waals surface area contributed by atoms with Gasteiger partial charge in [0, 0.05) is 22.6 Å². The van der Waals surface area contributed by atoms with Crippen molar-refractivity contribution < 1.29 is 9.59 Å². The Morgan fingerprint density at radius 2 is 2.09 bits per heavy atom. The summed E-state index contributed by atoms with van der Waals surface area (Å²) in [6, 6.07) is 7.37. The van der Waals surface area contributed by atoms with Gasteiger partial charge in [0.15, 0.2) is 0 Å². The second-order valence-electron chi connectivity index (χ2n) is 4.40. The van der Waals surface area contributed by atoms with E-state index < -0.39 is 0 Å². The van der Waals surface area contributed by atoms with Crippen LogP contribution in [0.3, 0.4) is 0 Å². The van der Waals surface area contributed by atoms with Crippen molar-refractivity contribution in [2.24, 2.45) is 0 Å². The molecule has 22 heavy (non-hydrogen) atoms. The monoisotopic (exact) mass is 335 g/mol. The number of likely N-dealkylation sites (N-methyl/N-ethyl adjacent to an activating group) is 1. The molecular weight excluding hydrogens is 318 g/mol. The number of aromatic nitrogens is 1. The highest BCUT2D eigenvalue weighted by molar-refractivity contribution is 7.98. The van der Waals surface area contributed by atoms with E-state index in [1.165, 1.54) is 0 Å². The van der Waals surface area contributed by atoms with Gasteiger partial charge in [-0.15, -0.1) is 23.1 Å². The maximum atomic E-state index is 12.2. The SMILES string of the molecule is CCNC(=O)CNC(=O)c1ccccc1SCc1cscn1. The van der Waals surface area contributed by atoms with Crippen LogP contribution < -0.4 is 10.6 Å². The van der Waals surface area contributed by atoms with Crippen LogP contribution in [0, 0.1) is 0 Å². The average molecular weight is 335 g/mol. The van der Waals surface area contributed by atoms with Crippen molar-refractivity contribution in [3.05, 3.63) is 46.4 Å². The van der Waals surface area contributed by atoms with Gasteiger partial charge in [-0.3, -0.25) is 9.59 Å². The van der Waals surface area contributed by atoms with Crippen molar-refractivity contribution in [1.29, 1.82) is 0 Å². The first-order valence-electron chi connectivity index (χ1n) is 6.84. The summed E-state index contributed by atoms with van der Waals surface area (Å²) in [5.41, 5.74) is 3.36. The Labute approximate surface area is 137 Å².